The Morgan fingerprint density at radius 1 is 1.53 bits per heavy atom. The van der Waals surface area contributed by atoms with Crippen LogP contribution in [0.2, 0.25) is 0 Å². The number of rotatable bonds is 3. The quantitative estimate of drug-likeness (QED) is 0.827. The molecule has 5 nitrogen and oxygen atoms in total. The van der Waals surface area contributed by atoms with Gasteiger partial charge in [0, 0.05) is 0 Å². The Kier molecular flexibility index (Phi) is 2.55. The average Bonchev–Trinajstić information content (AvgIpc) is 2.69. The lowest BCUT2D eigenvalue weighted by Crippen LogP contribution is -2.03. The molecule has 0 radical (unpaired) electrons. The highest BCUT2D eigenvalue weighted by Gasteiger charge is 2.14. The van der Waals surface area contributed by atoms with E-state index in [9.17, 15) is 9.50 Å². The van der Waals surface area contributed by atoms with E-state index in [0.717, 1.165) is 6.20 Å². The summed E-state index contributed by atoms with van der Waals surface area (Å²) in [5.74, 6) is -0.584. The Balaban J connectivity index is 2.79. The molecule has 0 aliphatic heterocycles. The van der Waals surface area contributed by atoms with Crippen molar-refractivity contribution in [2.75, 3.05) is 7.11 Å². The van der Waals surface area contributed by atoms with Crippen LogP contribution in [-0.2, 0) is 4.74 Å². The van der Waals surface area contributed by atoms with Crippen LogP contribution in [0.1, 0.15) is 11.4 Å². The lowest BCUT2D eigenvalue weighted by Gasteiger charge is -2.08. The monoisotopic (exact) mass is 235 g/mol. The molecule has 0 aliphatic rings. The standard InChI is InChI=1S/C11H10FN3O2/c1-6(16)9-4-10(7(2)17-3)15-11(14-9)8(12)5-13-15/h4-5,16H,1-2H2,3H3. The highest BCUT2D eigenvalue weighted by molar-refractivity contribution is 5.64. The SMILES string of the molecule is C=C(O)c1cc(C(=C)OC)n2ncc(F)c2n1. The fourth-order valence-electron chi connectivity index (χ4n) is 1.39. The average molecular weight is 235 g/mol. The third kappa shape index (κ3) is 1.73. The van der Waals surface area contributed by atoms with Crippen molar-refractivity contribution in [1.29, 1.82) is 0 Å². The Morgan fingerprint density at radius 3 is 2.82 bits per heavy atom. The lowest BCUT2D eigenvalue weighted by molar-refractivity contribution is 0.368. The van der Waals surface area contributed by atoms with Crippen LogP contribution >= 0.6 is 0 Å². The van der Waals surface area contributed by atoms with Gasteiger partial charge in [-0.15, -0.1) is 0 Å². The van der Waals surface area contributed by atoms with Crippen molar-refractivity contribution in [3.8, 4) is 0 Å². The molecule has 0 unspecified atom stereocenters. The number of aromatic nitrogens is 3. The van der Waals surface area contributed by atoms with Gasteiger partial charge in [0.2, 0.25) is 0 Å². The first-order chi connectivity index (χ1) is 8.04. The van der Waals surface area contributed by atoms with Gasteiger partial charge in [-0.1, -0.05) is 13.2 Å². The number of methoxy groups -OCH3 is 1. The van der Waals surface area contributed by atoms with Crippen molar-refractivity contribution in [2.24, 2.45) is 0 Å². The molecule has 0 amide bonds. The number of nitrogens with zero attached hydrogens (tertiary/aromatic N) is 3. The van der Waals surface area contributed by atoms with Gasteiger partial charge in [0.25, 0.3) is 0 Å². The van der Waals surface area contributed by atoms with E-state index in [1.165, 1.54) is 17.7 Å². The van der Waals surface area contributed by atoms with Gasteiger partial charge in [0.05, 0.1) is 13.3 Å². The second kappa shape index (κ2) is 3.89. The number of aliphatic hydroxyl groups is 1. The normalized spacial score (nSPS) is 10.5. The van der Waals surface area contributed by atoms with Gasteiger partial charge in [-0.05, 0) is 6.07 Å². The molecule has 0 saturated heterocycles. The van der Waals surface area contributed by atoms with Gasteiger partial charge in [0.15, 0.2) is 11.5 Å². The molecule has 0 saturated carbocycles. The number of ether oxygens (including phenoxy) is 1. The van der Waals surface area contributed by atoms with Gasteiger partial charge in [-0.25, -0.2) is 13.9 Å². The third-order valence-corrected chi connectivity index (χ3v) is 2.26. The first kappa shape index (κ1) is 11.1. The summed E-state index contributed by atoms with van der Waals surface area (Å²) in [6, 6.07) is 1.47. The van der Waals surface area contributed by atoms with Crippen molar-refractivity contribution in [2.45, 2.75) is 0 Å². The molecular weight excluding hydrogens is 225 g/mol. The summed E-state index contributed by atoms with van der Waals surface area (Å²) < 4.78 is 19.6. The first-order valence-corrected chi connectivity index (χ1v) is 4.70. The second-order valence-corrected chi connectivity index (χ2v) is 3.33. The zero-order chi connectivity index (χ0) is 12.6. The van der Waals surface area contributed by atoms with Crippen LogP contribution in [0.3, 0.4) is 0 Å². The fraction of sp³-hybridized carbons (Fsp3) is 0.0909. The predicted octanol–water partition coefficient (Wildman–Crippen LogP) is 2.01. The van der Waals surface area contributed by atoms with E-state index in [1.807, 2.05) is 0 Å². The molecule has 0 bridgehead atoms. The Hall–Kier alpha value is -2.37. The van der Waals surface area contributed by atoms with Crippen LogP contribution in [0.25, 0.3) is 17.2 Å². The van der Waals surface area contributed by atoms with Gasteiger partial charge in [-0.2, -0.15) is 5.10 Å². The van der Waals surface area contributed by atoms with E-state index in [4.69, 9.17) is 4.74 Å². The smallest absolute Gasteiger partial charge is 0.192 e. The first-order valence-electron chi connectivity index (χ1n) is 4.70. The molecule has 2 heterocycles. The van der Waals surface area contributed by atoms with Crippen molar-refractivity contribution in [3.63, 3.8) is 0 Å². The van der Waals surface area contributed by atoms with Crippen LogP contribution in [0.15, 0.2) is 25.4 Å². The number of hydrogen-bond donors (Lipinski definition) is 1. The Bertz CT molecular complexity index is 618. The summed E-state index contributed by atoms with van der Waals surface area (Å²) in [5.41, 5.74) is 0.516. The van der Waals surface area contributed by atoms with E-state index >= 15 is 0 Å². The summed E-state index contributed by atoms with van der Waals surface area (Å²) in [7, 11) is 1.43. The van der Waals surface area contributed by atoms with Gasteiger partial charge in [0.1, 0.15) is 22.9 Å². The van der Waals surface area contributed by atoms with Crippen LogP contribution in [0, 0.1) is 5.82 Å². The topological polar surface area (TPSA) is 59.7 Å². The molecule has 2 aromatic heterocycles. The van der Waals surface area contributed by atoms with E-state index in [2.05, 4.69) is 23.2 Å². The van der Waals surface area contributed by atoms with Crippen LogP contribution in [0.4, 0.5) is 4.39 Å². The van der Waals surface area contributed by atoms with Crippen LogP contribution in [-0.4, -0.2) is 26.8 Å². The summed E-state index contributed by atoms with van der Waals surface area (Å²) in [6.07, 6.45) is 1.03. The highest BCUT2D eigenvalue weighted by atomic mass is 19.1. The van der Waals surface area contributed by atoms with E-state index < -0.39 is 5.82 Å². The molecule has 0 spiro atoms. The number of fused-ring (bicyclic) bond motifs is 1. The molecule has 0 fully saturated rings. The maximum absolute atomic E-state index is 13.4. The minimum Gasteiger partial charge on any atom is -0.506 e. The third-order valence-electron chi connectivity index (χ3n) is 2.26. The van der Waals surface area contributed by atoms with Crippen molar-refractivity contribution >= 4 is 17.2 Å². The summed E-state index contributed by atoms with van der Waals surface area (Å²) in [5, 5.41) is 13.1. The molecule has 1 N–H and O–H groups in total. The minimum absolute atomic E-state index is 0.0223. The Labute approximate surface area is 96.5 Å². The number of aliphatic hydroxyl groups excluding tert-OH is 1. The van der Waals surface area contributed by atoms with E-state index in [0.29, 0.717) is 5.69 Å². The highest BCUT2D eigenvalue weighted by Crippen LogP contribution is 2.19. The molecule has 0 aliphatic carbocycles. The van der Waals surface area contributed by atoms with Crippen molar-refractivity contribution in [3.05, 3.63) is 42.6 Å². The van der Waals surface area contributed by atoms with Crippen molar-refractivity contribution in [1.82, 2.24) is 14.6 Å². The molecule has 0 aromatic carbocycles. The molecule has 6 heteroatoms. The Morgan fingerprint density at radius 2 is 2.24 bits per heavy atom. The number of halogens is 1. The molecular formula is C11H10FN3O2. The van der Waals surface area contributed by atoms with E-state index in [1.54, 1.807) is 0 Å². The largest absolute Gasteiger partial charge is 0.506 e. The van der Waals surface area contributed by atoms with Gasteiger partial charge < -0.3 is 9.84 Å². The van der Waals surface area contributed by atoms with E-state index in [-0.39, 0.29) is 22.9 Å². The molecule has 17 heavy (non-hydrogen) atoms. The van der Waals surface area contributed by atoms with Crippen molar-refractivity contribution < 1.29 is 14.2 Å². The number of hydrogen-bond acceptors (Lipinski definition) is 4. The lowest BCUT2D eigenvalue weighted by atomic mass is 10.2. The molecule has 2 rings (SSSR count). The summed E-state index contributed by atoms with van der Waals surface area (Å²) in [4.78, 5) is 3.89. The maximum Gasteiger partial charge on any atom is 0.192 e. The van der Waals surface area contributed by atoms with Crippen LogP contribution in [0.5, 0.6) is 0 Å². The van der Waals surface area contributed by atoms with Gasteiger partial charge in [-0.3, -0.25) is 0 Å². The molecule has 88 valence electrons. The zero-order valence-corrected chi connectivity index (χ0v) is 9.14. The fourth-order valence-corrected chi connectivity index (χ4v) is 1.39. The molecule has 2 aromatic rings. The predicted molar refractivity (Wildman–Crippen MR) is 60.7 cm³/mol. The zero-order valence-electron chi connectivity index (χ0n) is 9.14. The molecule has 0 atom stereocenters. The van der Waals surface area contributed by atoms with Crippen LogP contribution < -0.4 is 0 Å². The minimum atomic E-state index is -0.599. The summed E-state index contributed by atoms with van der Waals surface area (Å²) >= 11 is 0. The maximum atomic E-state index is 13.4. The van der Waals surface area contributed by atoms with Gasteiger partial charge >= 0.3 is 0 Å². The summed E-state index contributed by atoms with van der Waals surface area (Å²) in [6.45, 7) is 7.00. The second-order valence-electron chi connectivity index (χ2n) is 3.33.